The topological polar surface area (TPSA) is 74.0 Å². The molecule has 0 fully saturated rings. The zero-order chi connectivity index (χ0) is 15.6. The van der Waals surface area contributed by atoms with E-state index in [1.165, 1.54) is 0 Å². The van der Waals surface area contributed by atoms with Gasteiger partial charge in [-0.15, -0.1) is 0 Å². The molecule has 0 heterocycles. The fraction of sp³-hybridized carbons (Fsp3) is 0.235. The van der Waals surface area contributed by atoms with Crippen LogP contribution in [-0.2, 0) is 4.79 Å². The van der Waals surface area contributed by atoms with Gasteiger partial charge in [0.1, 0.15) is 0 Å². The van der Waals surface area contributed by atoms with Crippen LogP contribution < -0.4 is 5.32 Å². The lowest BCUT2D eigenvalue weighted by Gasteiger charge is -2.04. The molecule has 1 amide bonds. The van der Waals surface area contributed by atoms with Crippen molar-refractivity contribution in [2.75, 3.05) is 11.9 Å². The Morgan fingerprint density at radius 3 is 2.18 bits per heavy atom. The van der Waals surface area contributed by atoms with Crippen LogP contribution in [0.4, 0.5) is 17.1 Å². The quantitative estimate of drug-likeness (QED) is 0.593. The molecule has 22 heavy (non-hydrogen) atoms. The van der Waals surface area contributed by atoms with Gasteiger partial charge in [0, 0.05) is 18.7 Å². The summed E-state index contributed by atoms with van der Waals surface area (Å²) in [5, 5.41) is 19.8. The number of unbranched alkanes of at least 4 members (excludes halogenated alkanes) is 1. The molecule has 0 unspecified atom stereocenters. The Bertz CT molecular complexity index is 610. The average Bonchev–Trinajstić information content (AvgIpc) is 2.55. The van der Waals surface area contributed by atoms with Gasteiger partial charge in [-0.25, -0.2) is 0 Å². The monoisotopic (exact) mass is 297 g/mol. The predicted molar refractivity (Wildman–Crippen MR) is 86.6 cm³/mol. The molecule has 0 radical (unpaired) electrons. The number of carbonyl (C=O) groups excluding carboxylic acids is 1. The van der Waals surface area contributed by atoms with E-state index in [2.05, 4.69) is 15.5 Å². The third kappa shape index (κ3) is 5.46. The first kappa shape index (κ1) is 15.9. The average molecular weight is 297 g/mol. The van der Waals surface area contributed by atoms with Gasteiger partial charge >= 0.3 is 0 Å². The summed E-state index contributed by atoms with van der Waals surface area (Å²) < 4.78 is 0. The van der Waals surface area contributed by atoms with Crippen LogP contribution in [0.3, 0.4) is 0 Å². The first-order valence-electron chi connectivity index (χ1n) is 7.25. The molecule has 2 aromatic carbocycles. The van der Waals surface area contributed by atoms with Crippen molar-refractivity contribution in [1.82, 2.24) is 0 Å². The molecule has 0 bridgehead atoms. The van der Waals surface area contributed by atoms with Gasteiger partial charge in [-0.2, -0.15) is 10.2 Å². The molecule has 0 saturated heterocycles. The van der Waals surface area contributed by atoms with Crippen molar-refractivity contribution in [3.8, 4) is 0 Å². The number of carbonyl (C=O) groups is 1. The highest BCUT2D eigenvalue weighted by atomic mass is 16.3. The second-order valence-electron chi connectivity index (χ2n) is 4.81. The van der Waals surface area contributed by atoms with Crippen molar-refractivity contribution < 1.29 is 9.90 Å². The lowest BCUT2D eigenvalue weighted by Crippen LogP contribution is -2.11. The lowest BCUT2D eigenvalue weighted by atomic mass is 10.2. The molecule has 0 saturated carbocycles. The number of azo groups is 1. The maximum absolute atomic E-state index is 11.6. The number of hydrogen-bond donors (Lipinski definition) is 2. The van der Waals surface area contributed by atoms with Crippen molar-refractivity contribution in [2.45, 2.75) is 19.3 Å². The third-order valence-corrected chi connectivity index (χ3v) is 3.00. The van der Waals surface area contributed by atoms with E-state index in [-0.39, 0.29) is 12.5 Å². The molecule has 5 nitrogen and oxygen atoms in total. The standard InChI is InChI=1S/C17H19N3O2/c21-13-5-4-8-17(22)18-14-9-11-16(12-10-14)20-19-15-6-2-1-3-7-15/h1-3,6-7,9-12,21H,4-5,8,13H2,(H,18,22). The number of rotatable bonds is 7. The Labute approximate surface area is 129 Å². The minimum absolute atomic E-state index is 0.0490. The summed E-state index contributed by atoms with van der Waals surface area (Å²) in [6.07, 6.45) is 1.74. The summed E-state index contributed by atoms with van der Waals surface area (Å²) in [6.45, 7) is 0.119. The zero-order valence-corrected chi connectivity index (χ0v) is 12.3. The Morgan fingerprint density at radius 2 is 1.55 bits per heavy atom. The Morgan fingerprint density at radius 1 is 0.909 bits per heavy atom. The fourth-order valence-corrected chi connectivity index (χ4v) is 1.84. The molecular weight excluding hydrogens is 278 g/mol. The van der Waals surface area contributed by atoms with Crippen LogP contribution in [0.15, 0.2) is 64.8 Å². The van der Waals surface area contributed by atoms with Gasteiger partial charge in [0.15, 0.2) is 0 Å². The van der Waals surface area contributed by atoms with Crippen LogP contribution in [0.2, 0.25) is 0 Å². The van der Waals surface area contributed by atoms with Crippen LogP contribution in [0.1, 0.15) is 19.3 Å². The van der Waals surface area contributed by atoms with Gasteiger partial charge in [-0.3, -0.25) is 4.79 Å². The summed E-state index contributed by atoms with van der Waals surface area (Å²) in [4.78, 5) is 11.6. The van der Waals surface area contributed by atoms with Crippen LogP contribution in [0.5, 0.6) is 0 Å². The van der Waals surface area contributed by atoms with E-state index in [1.54, 1.807) is 24.3 Å². The van der Waals surface area contributed by atoms with E-state index in [4.69, 9.17) is 5.11 Å². The number of nitrogens with zero attached hydrogens (tertiary/aromatic N) is 2. The van der Waals surface area contributed by atoms with Gasteiger partial charge in [0.05, 0.1) is 11.4 Å². The van der Waals surface area contributed by atoms with Gasteiger partial charge in [0.25, 0.3) is 0 Å². The van der Waals surface area contributed by atoms with Crippen molar-refractivity contribution in [2.24, 2.45) is 10.2 Å². The molecular formula is C17H19N3O2. The highest BCUT2D eigenvalue weighted by molar-refractivity contribution is 5.90. The van der Waals surface area contributed by atoms with Crippen LogP contribution in [0, 0.1) is 0 Å². The largest absolute Gasteiger partial charge is 0.396 e. The minimum Gasteiger partial charge on any atom is -0.396 e. The highest BCUT2D eigenvalue weighted by Crippen LogP contribution is 2.20. The maximum Gasteiger partial charge on any atom is 0.224 e. The normalized spacial score (nSPS) is 10.8. The first-order valence-corrected chi connectivity index (χ1v) is 7.25. The summed E-state index contributed by atoms with van der Waals surface area (Å²) in [5.74, 6) is -0.0490. The fourth-order valence-electron chi connectivity index (χ4n) is 1.84. The van der Waals surface area contributed by atoms with Gasteiger partial charge < -0.3 is 10.4 Å². The zero-order valence-electron chi connectivity index (χ0n) is 12.3. The summed E-state index contributed by atoms with van der Waals surface area (Å²) in [5.41, 5.74) is 2.25. The minimum atomic E-state index is -0.0490. The smallest absolute Gasteiger partial charge is 0.224 e. The van der Waals surface area contributed by atoms with Crippen LogP contribution in [0.25, 0.3) is 0 Å². The Hall–Kier alpha value is -2.53. The SMILES string of the molecule is O=C(CCCCO)Nc1ccc(N=Nc2ccccc2)cc1. The number of hydrogen-bond acceptors (Lipinski definition) is 4. The van der Waals surface area contributed by atoms with E-state index in [9.17, 15) is 4.79 Å². The molecule has 0 aliphatic rings. The maximum atomic E-state index is 11.6. The number of anilines is 1. The van der Waals surface area contributed by atoms with Crippen molar-refractivity contribution in [3.05, 3.63) is 54.6 Å². The second kappa shape index (κ2) is 8.69. The molecule has 5 heteroatoms. The summed E-state index contributed by atoms with van der Waals surface area (Å²) in [7, 11) is 0. The molecule has 0 aliphatic carbocycles. The summed E-state index contributed by atoms with van der Waals surface area (Å²) >= 11 is 0. The molecule has 2 rings (SSSR count). The van der Waals surface area contributed by atoms with Crippen LogP contribution in [-0.4, -0.2) is 17.6 Å². The Kier molecular flexibility index (Phi) is 6.26. The Balaban J connectivity index is 1.87. The number of benzene rings is 2. The van der Waals surface area contributed by atoms with E-state index in [0.717, 1.165) is 17.1 Å². The van der Waals surface area contributed by atoms with Gasteiger partial charge in [0.2, 0.25) is 5.91 Å². The van der Waals surface area contributed by atoms with Gasteiger partial charge in [-0.05, 0) is 49.2 Å². The number of aliphatic hydroxyl groups excluding tert-OH is 1. The molecule has 0 aromatic heterocycles. The van der Waals surface area contributed by atoms with E-state index >= 15 is 0 Å². The van der Waals surface area contributed by atoms with Crippen molar-refractivity contribution in [1.29, 1.82) is 0 Å². The molecule has 114 valence electrons. The predicted octanol–water partition coefficient (Wildman–Crippen LogP) is 4.20. The van der Waals surface area contributed by atoms with Gasteiger partial charge in [-0.1, -0.05) is 18.2 Å². The third-order valence-electron chi connectivity index (χ3n) is 3.00. The summed E-state index contributed by atoms with van der Waals surface area (Å²) in [6, 6.07) is 16.7. The van der Waals surface area contributed by atoms with E-state index in [0.29, 0.717) is 19.3 Å². The second-order valence-corrected chi connectivity index (χ2v) is 4.81. The van der Waals surface area contributed by atoms with Crippen molar-refractivity contribution >= 4 is 23.0 Å². The van der Waals surface area contributed by atoms with Crippen molar-refractivity contribution in [3.63, 3.8) is 0 Å². The number of nitrogens with one attached hydrogen (secondary N) is 1. The number of amides is 1. The number of aliphatic hydroxyl groups is 1. The van der Waals surface area contributed by atoms with E-state index in [1.807, 2.05) is 30.3 Å². The molecule has 0 aliphatic heterocycles. The van der Waals surface area contributed by atoms with Crippen LogP contribution >= 0.6 is 0 Å². The van der Waals surface area contributed by atoms with E-state index < -0.39 is 0 Å². The molecule has 2 aromatic rings. The lowest BCUT2D eigenvalue weighted by molar-refractivity contribution is -0.116. The highest BCUT2D eigenvalue weighted by Gasteiger charge is 2.02. The first-order chi connectivity index (χ1) is 10.8. The molecule has 0 atom stereocenters. The molecule has 0 spiro atoms. The molecule has 2 N–H and O–H groups in total.